The van der Waals surface area contributed by atoms with Crippen molar-refractivity contribution in [1.82, 2.24) is 15.1 Å². The summed E-state index contributed by atoms with van der Waals surface area (Å²) in [7, 11) is 0. The summed E-state index contributed by atoms with van der Waals surface area (Å²) in [5.74, 6) is -0.297. The molecule has 7 heteroatoms. The molecule has 3 N–H and O–H groups in total. The average molecular weight is 238 g/mol. The fourth-order valence-corrected chi connectivity index (χ4v) is 1.96. The lowest BCUT2D eigenvalue weighted by Crippen LogP contribution is -2.42. The third-order valence-corrected chi connectivity index (χ3v) is 2.89. The molecule has 0 saturated carbocycles. The predicted molar refractivity (Wildman–Crippen MR) is 59.7 cm³/mol. The summed E-state index contributed by atoms with van der Waals surface area (Å²) in [6.07, 6.45) is 1.74. The molecule has 0 aromatic carbocycles. The van der Waals surface area contributed by atoms with Gasteiger partial charge in [-0.25, -0.2) is 4.79 Å². The van der Waals surface area contributed by atoms with Crippen molar-refractivity contribution in [2.24, 2.45) is 0 Å². The Hall–Kier alpha value is -2.05. The minimum Gasteiger partial charge on any atom is -0.465 e. The molecule has 1 aliphatic rings. The minimum absolute atomic E-state index is 0.297. The fraction of sp³-hybridized carbons (Fsp3) is 0.500. The van der Waals surface area contributed by atoms with Crippen molar-refractivity contribution in [3.8, 4) is 0 Å². The smallest absolute Gasteiger partial charge is 0.407 e. The van der Waals surface area contributed by atoms with Crippen LogP contribution in [0.1, 0.15) is 18.5 Å². The fourth-order valence-electron chi connectivity index (χ4n) is 1.96. The zero-order valence-corrected chi connectivity index (χ0v) is 9.43. The number of aromatic nitrogens is 2. The number of carbonyl (C=O) groups is 2. The number of likely N-dealkylation sites (tertiary alicyclic amines) is 1. The summed E-state index contributed by atoms with van der Waals surface area (Å²) in [6, 6.07) is -0.596. The van der Waals surface area contributed by atoms with Gasteiger partial charge in [-0.05, 0) is 19.8 Å². The molecule has 0 bridgehead atoms. The Labute approximate surface area is 97.8 Å². The Balaban J connectivity index is 2.05. The molecule has 1 aromatic heterocycles. The molecular weight excluding hydrogens is 224 g/mol. The third kappa shape index (κ3) is 2.22. The van der Waals surface area contributed by atoms with Crippen LogP contribution >= 0.6 is 0 Å². The second kappa shape index (κ2) is 4.44. The molecule has 1 aromatic rings. The van der Waals surface area contributed by atoms with E-state index in [0.29, 0.717) is 18.7 Å². The van der Waals surface area contributed by atoms with Crippen molar-refractivity contribution in [2.45, 2.75) is 25.8 Å². The van der Waals surface area contributed by atoms with Crippen LogP contribution < -0.4 is 5.32 Å². The van der Waals surface area contributed by atoms with Crippen LogP contribution in [-0.4, -0.2) is 44.8 Å². The number of aryl methyl sites for hydroxylation is 1. The van der Waals surface area contributed by atoms with Crippen LogP contribution in [0.5, 0.6) is 0 Å². The highest BCUT2D eigenvalue weighted by atomic mass is 16.4. The number of H-pyrrole nitrogens is 1. The summed E-state index contributed by atoms with van der Waals surface area (Å²) in [4.78, 5) is 24.0. The number of hydrogen-bond donors (Lipinski definition) is 3. The van der Waals surface area contributed by atoms with Gasteiger partial charge in [0, 0.05) is 6.54 Å². The largest absolute Gasteiger partial charge is 0.465 e. The maximum absolute atomic E-state index is 11.9. The maximum Gasteiger partial charge on any atom is 0.407 e. The van der Waals surface area contributed by atoms with Crippen LogP contribution in [0.25, 0.3) is 0 Å². The third-order valence-electron chi connectivity index (χ3n) is 2.89. The van der Waals surface area contributed by atoms with Gasteiger partial charge in [-0.3, -0.25) is 14.8 Å². The summed E-state index contributed by atoms with van der Waals surface area (Å²) < 4.78 is 0. The number of carbonyl (C=O) groups excluding carboxylic acids is 1. The van der Waals surface area contributed by atoms with Gasteiger partial charge in [0.2, 0.25) is 5.91 Å². The summed E-state index contributed by atoms with van der Waals surface area (Å²) in [5, 5.41) is 18.1. The molecular formula is C10H14N4O3. The van der Waals surface area contributed by atoms with Gasteiger partial charge in [0.15, 0.2) is 0 Å². The van der Waals surface area contributed by atoms with E-state index in [1.807, 2.05) is 0 Å². The van der Waals surface area contributed by atoms with Crippen LogP contribution in [0.3, 0.4) is 0 Å². The van der Waals surface area contributed by atoms with Gasteiger partial charge in [-0.1, -0.05) is 0 Å². The van der Waals surface area contributed by atoms with E-state index in [4.69, 9.17) is 5.11 Å². The first-order valence-electron chi connectivity index (χ1n) is 5.40. The molecule has 1 atom stereocenters. The van der Waals surface area contributed by atoms with E-state index < -0.39 is 12.1 Å². The van der Waals surface area contributed by atoms with E-state index in [0.717, 1.165) is 12.1 Å². The topological polar surface area (TPSA) is 98.3 Å². The monoisotopic (exact) mass is 238 g/mol. The molecule has 92 valence electrons. The molecule has 7 nitrogen and oxygen atoms in total. The van der Waals surface area contributed by atoms with Gasteiger partial charge in [-0.15, -0.1) is 0 Å². The first kappa shape index (κ1) is 11.4. The quantitative estimate of drug-likeness (QED) is 0.709. The van der Waals surface area contributed by atoms with Crippen LogP contribution in [-0.2, 0) is 4.79 Å². The average Bonchev–Trinajstić information content (AvgIpc) is 2.87. The van der Waals surface area contributed by atoms with Gasteiger partial charge >= 0.3 is 6.09 Å². The highest BCUT2D eigenvalue weighted by molar-refractivity contribution is 5.97. The molecule has 17 heavy (non-hydrogen) atoms. The van der Waals surface area contributed by atoms with E-state index in [1.165, 1.54) is 11.1 Å². The SMILES string of the molecule is Cc1[nH]ncc1NC(=O)[C@H]1CCCN1C(=O)O. The van der Waals surface area contributed by atoms with Crippen molar-refractivity contribution in [3.63, 3.8) is 0 Å². The lowest BCUT2D eigenvalue weighted by molar-refractivity contribution is -0.119. The second-order valence-corrected chi connectivity index (χ2v) is 4.03. The molecule has 2 heterocycles. The first-order chi connectivity index (χ1) is 8.09. The lowest BCUT2D eigenvalue weighted by atomic mass is 10.2. The number of rotatable bonds is 2. The minimum atomic E-state index is -1.05. The van der Waals surface area contributed by atoms with Crippen molar-refractivity contribution >= 4 is 17.7 Å². The summed E-state index contributed by atoms with van der Waals surface area (Å²) >= 11 is 0. The van der Waals surface area contributed by atoms with E-state index >= 15 is 0 Å². The Morgan fingerprint density at radius 1 is 1.65 bits per heavy atom. The summed E-state index contributed by atoms with van der Waals surface area (Å²) in [6.45, 7) is 2.20. The zero-order chi connectivity index (χ0) is 12.4. The van der Waals surface area contributed by atoms with Crippen LogP contribution in [0.4, 0.5) is 10.5 Å². The van der Waals surface area contributed by atoms with E-state index in [1.54, 1.807) is 6.92 Å². The van der Waals surface area contributed by atoms with Gasteiger partial charge in [0.05, 0.1) is 17.6 Å². The molecule has 0 radical (unpaired) electrons. The van der Waals surface area contributed by atoms with Gasteiger partial charge in [0.25, 0.3) is 0 Å². The molecule has 1 fully saturated rings. The van der Waals surface area contributed by atoms with Crippen LogP contribution in [0.15, 0.2) is 6.20 Å². The van der Waals surface area contributed by atoms with E-state index in [9.17, 15) is 9.59 Å². The standard InChI is InChI=1S/C10H14N4O3/c1-6-7(5-11-13-6)12-9(15)8-3-2-4-14(8)10(16)17/h5,8H,2-4H2,1H3,(H,11,13)(H,12,15)(H,16,17)/t8-/m1/s1. The normalized spacial score (nSPS) is 19.4. The predicted octanol–water partition coefficient (Wildman–Crippen LogP) is 0.799. The van der Waals surface area contributed by atoms with E-state index in [-0.39, 0.29) is 5.91 Å². The van der Waals surface area contributed by atoms with Crippen molar-refractivity contribution in [3.05, 3.63) is 11.9 Å². The number of nitrogens with one attached hydrogen (secondary N) is 2. The Bertz CT molecular complexity index is 443. The molecule has 1 aliphatic heterocycles. The molecule has 0 unspecified atom stereocenters. The van der Waals surface area contributed by atoms with Gasteiger partial charge in [-0.2, -0.15) is 5.10 Å². The van der Waals surface area contributed by atoms with Crippen LogP contribution in [0, 0.1) is 6.92 Å². The Kier molecular flexibility index (Phi) is 2.99. The number of carboxylic acid groups (broad SMARTS) is 1. The maximum atomic E-state index is 11.9. The second-order valence-electron chi connectivity index (χ2n) is 4.03. The number of nitrogens with zero attached hydrogens (tertiary/aromatic N) is 2. The van der Waals surface area contributed by atoms with E-state index in [2.05, 4.69) is 15.5 Å². The number of anilines is 1. The van der Waals surface area contributed by atoms with Crippen LogP contribution in [0.2, 0.25) is 0 Å². The number of amides is 2. The molecule has 2 rings (SSSR count). The lowest BCUT2D eigenvalue weighted by Gasteiger charge is -2.20. The van der Waals surface area contributed by atoms with Crippen molar-refractivity contribution in [2.75, 3.05) is 11.9 Å². The Morgan fingerprint density at radius 2 is 2.41 bits per heavy atom. The highest BCUT2D eigenvalue weighted by Crippen LogP contribution is 2.19. The number of hydrogen-bond acceptors (Lipinski definition) is 3. The molecule has 2 amide bonds. The first-order valence-corrected chi connectivity index (χ1v) is 5.40. The van der Waals surface area contributed by atoms with Gasteiger partial charge in [0.1, 0.15) is 6.04 Å². The zero-order valence-electron chi connectivity index (χ0n) is 9.43. The molecule has 1 saturated heterocycles. The summed E-state index contributed by atoms with van der Waals surface area (Å²) in [5.41, 5.74) is 1.34. The number of aromatic amines is 1. The highest BCUT2D eigenvalue weighted by Gasteiger charge is 2.34. The van der Waals surface area contributed by atoms with Gasteiger partial charge < -0.3 is 10.4 Å². The Morgan fingerprint density at radius 3 is 3.00 bits per heavy atom. The molecule has 0 spiro atoms. The van der Waals surface area contributed by atoms with Crippen molar-refractivity contribution in [1.29, 1.82) is 0 Å². The molecule has 0 aliphatic carbocycles. The van der Waals surface area contributed by atoms with Crippen molar-refractivity contribution < 1.29 is 14.7 Å².